The van der Waals surface area contributed by atoms with Gasteiger partial charge in [0.15, 0.2) is 6.61 Å². The number of rotatable bonds is 7. The summed E-state index contributed by atoms with van der Waals surface area (Å²) in [4.78, 5) is 11.6. The summed E-state index contributed by atoms with van der Waals surface area (Å²) in [6.45, 7) is -0.287. The maximum absolute atomic E-state index is 11.6. The van der Waals surface area contributed by atoms with Crippen molar-refractivity contribution >= 4 is 14.2 Å². The Kier molecular flexibility index (Phi) is 5.31. The lowest BCUT2D eigenvalue weighted by Gasteiger charge is -2.05. The first-order valence-electron chi connectivity index (χ1n) is 5.84. The first-order chi connectivity index (χ1) is 10.2. The smallest absolute Gasteiger partial charge is 0.482 e. The first kappa shape index (κ1) is 15.0. The number of carbonyl (C=O) groups excluding carboxylic acids is 1. The molecule has 2 aromatic rings. The lowest BCUT2D eigenvalue weighted by molar-refractivity contribution is -0.136. The minimum Gasteiger partial charge on any atom is -0.482 e. The molecule has 0 fully saturated rings. The van der Waals surface area contributed by atoms with Crippen molar-refractivity contribution in [3.63, 3.8) is 0 Å². The third-order valence-electron chi connectivity index (χ3n) is 2.23. The normalized spacial score (nSPS) is 10.8. The first-order valence-corrected chi connectivity index (χ1v) is 6.94. The lowest BCUT2D eigenvalue weighted by Crippen LogP contribution is -2.17. The maximum Gasteiger partial charge on any atom is 0.753 e. The molecule has 8 heteroatoms. The van der Waals surface area contributed by atoms with E-state index in [0.29, 0.717) is 5.75 Å². The van der Waals surface area contributed by atoms with Gasteiger partial charge in [0.25, 0.3) is 0 Å². The number of esters is 1. The zero-order valence-electron chi connectivity index (χ0n) is 11.1. The number of para-hydroxylation sites is 1. The standard InChI is InChI=1S/C13H12O7P/c1-16-21(15)20-13-11(7-8-17-13)19-12(14)9-18-10-5-3-2-4-6-10/h2-8H,9H2,1H3/q+1. The molecular weight excluding hydrogens is 299 g/mol. The minimum absolute atomic E-state index is 0.00272. The molecule has 21 heavy (non-hydrogen) atoms. The molecule has 0 bridgehead atoms. The third-order valence-corrected chi connectivity index (χ3v) is 2.84. The van der Waals surface area contributed by atoms with Gasteiger partial charge < -0.3 is 13.9 Å². The molecular formula is C13H12O7P+. The second-order valence-corrected chi connectivity index (χ2v) is 4.64. The Morgan fingerprint density at radius 2 is 2.00 bits per heavy atom. The highest BCUT2D eigenvalue weighted by molar-refractivity contribution is 7.33. The lowest BCUT2D eigenvalue weighted by atomic mass is 10.3. The van der Waals surface area contributed by atoms with E-state index in [1.165, 1.54) is 19.4 Å². The summed E-state index contributed by atoms with van der Waals surface area (Å²) in [5.41, 5.74) is 0. The molecule has 0 aliphatic carbocycles. The van der Waals surface area contributed by atoms with Crippen LogP contribution in [0.15, 0.2) is 47.1 Å². The van der Waals surface area contributed by atoms with Gasteiger partial charge in [-0.2, -0.15) is 4.52 Å². The molecule has 0 radical (unpaired) electrons. The van der Waals surface area contributed by atoms with E-state index in [9.17, 15) is 9.36 Å². The van der Waals surface area contributed by atoms with Crippen LogP contribution in [0.5, 0.6) is 17.4 Å². The van der Waals surface area contributed by atoms with Crippen molar-refractivity contribution in [1.29, 1.82) is 0 Å². The highest BCUT2D eigenvalue weighted by atomic mass is 31.1. The number of ether oxygens (including phenoxy) is 2. The molecule has 0 aliphatic heterocycles. The van der Waals surface area contributed by atoms with Crippen LogP contribution in [-0.2, 0) is 13.9 Å². The van der Waals surface area contributed by atoms with Crippen LogP contribution in [0.25, 0.3) is 0 Å². The molecule has 1 aromatic heterocycles. The van der Waals surface area contributed by atoms with Crippen molar-refractivity contribution in [1.82, 2.24) is 0 Å². The second kappa shape index (κ2) is 7.42. The van der Waals surface area contributed by atoms with Crippen molar-refractivity contribution in [2.24, 2.45) is 0 Å². The molecule has 7 nitrogen and oxygen atoms in total. The Bertz CT molecular complexity index is 608. The molecule has 0 amide bonds. The van der Waals surface area contributed by atoms with Gasteiger partial charge in [0.2, 0.25) is 5.75 Å². The van der Waals surface area contributed by atoms with E-state index in [4.69, 9.17) is 18.4 Å². The number of hydrogen-bond acceptors (Lipinski definition) is 7. The van der Waals surface area contributed by atoms with E-state index in [-0.39, 0.29) is 18.3 Å². The SMILES string of the molecule is CO[P+](=O)Oc1occc1OC(=O)COc1ccccc1. The Balaban J connectivity index is 1.88. The van der Waals surface area contributed by atoms with Gasteiger partial charge in [-0.15, -0.1) is 4.52 Å². The van der Waals surface area contributed by atoms with Crippen LogP contribution in [0.4, 0.5) is 0 Å². The van der Waals surface area contributed by atoms with Gasteiger partial charge in [-0.05, 0) is 12.1 Å². The van der Waals surface area contributed by atoms with Crippen molar-refractivity contribution in [3.8, 4) is 17.4 Å². The molecule has 0 saturated heterocycles. The van der Waals surface area contributed by atoms with E-state index in [1.807, 2.05) is 6.07 Å². The predicted octanol–water partition coefficient (Wildman–Crippen LogP) is 2.95. The van der Waals surface area contributed by atoms with Crippen LogP contribution in [0, 0.1) is 0 Å². The van der Waals surface area contributed by atoms with Gasteiger partial charge in [-0.3, -0.25) is 0 Å². The fraction of sp³-hybridized carbons (Fsp3) is 0.154. The van der Waals surface area contributed by atoms with Gasteiger partial charge >= 0.3 is 20.2 Å². The summed E-state index contributed by atoms with van der Waals surface area (Å²) < 4.78 is 35.5. The van der Waals surface area contributed by atoms with Gasteiger partial charge in [-0.1, -0.05) is 18.2 Å². The van der Waals surface area contributed by atoms with Gasteiger partial charge in [0.1, 0.15) is 5.75 Å². The zero-order chi connectivity index (χ0) is 15.1. The summed E-state index contributed by atoms with van der Waals surface area (Å²) in [7, 11) is -1.17. The summed E-state index contributed by atoms with van der Waals surface area (Å²) in [5, 5.41) is 0. The minimum atomic E-state index is -2.38. The van der Waals surface area contributed by atoms with Gasteiger partial charge in [-0.25, -0.2) is 4.79 Å². The van der Waals surface area contributed by atoms with E-state index >= 15 is 0 Å². The monoisotopic (exact) mass is 311 g/mol. The van der Waals surface area contributed by atoms with Crippen LogP contribution in [-0.4, -0.2) is 19.7 Å². The van der Waals surface area contributed by atoms with Crippen LogP contribution >= 0.6 is 8.25 Å². The average Bonchev–Trinajstić information content (AvgIpc) is 2.93. The van der Waals surface area contributed by atoms with Crippen molar-refractivity contribution in [2.45, 2.75) is 0 Å². The number of furan rings is 1. The van der Waals surface area contributed by atoms with Crippen molar-refractivity contribution in [2.75, 3.05) is 13.7 Å². The number of hydrogen-bond donors (Lipinski definition) is 0. The Labute approximate surface area is 121 Å². The van der Waals surface area contributed by atoms with E-state index in [0.717, 1.165) is 0 Å². The fourth-order valence-corrected chi connectivity index (χ4v) is 1.68. The van der Waals surface area contributed by atoms with E-state index in [2.05, 4.69) is 4.52 Å². The van der Waals surface area contributed by atoms with Gasteiger partial charge in [0, 0.05) is 10.6 Å². The van der Waals surface area contributed by atoms with Gasteiger partial charge in [0.05, 0.1) is 13.4 Å². The molecule has 1 aromatic carbocycles. The molecule has 1 atom stereocenters. The number of benzene rings is 1. The molecule has 0 N–H and O–H groups in total. The molecule has 1 unspecified atom stereocenters. The highest BCUT2D eigenvalue weighted by Crippen LogP contribution is 2.35. The maximum atomic E-state index is 11.6. The molecule has 1 heterocycles. The molecule has 2 rings (SSSR count). The molecule has 0 spiro atoms. The van der Waals surface area contributed by atoms with E-state index < -0.39 is 14.2 Å². The molecule has 0 aliphatic rings. The summed E-state index contributed by atoms with van der Waals surface area (Å²) >= 11 is 0. The quantitative estimate of drug-likeness (QED) is 0.574. The van der Waals surface area contributed by atoms with Crippen molar-refractivity contribution < 1.29 is 32.3 Å². The van der Waals surface area contributed by atoms with Crippen LogP contribution in [0.2, 0.25) is 0 Å². The largest absolute Gasteiger partial charge is 0.753 e. The third kappa shape index (κ3) is 4.59. The van der Waals surface area contributed by atoms with Crippen LogP contribution in [0.1, 0.15) is 0 Å². The van der Waals surface area contributed by atoms with Crippen molar-refractivity contribution in [3.05, 3.63) is 42.7 Å². The summed E-state index contributed by atoms with van der Waals surface area (Å²) in [6.07, 6.45) is 1.23. The molecule has 0 saturated carbocycles. The number of carbonyl (C=O) groups is 1. The summed E-state index contributed by atoms with van der Waals surface area (Å²) in [5.74, 6) is -0.318. The second-order valence-electron chi connectivity index (χ2n) is 3.65. The Morgan fingerprint density at radius 3 is 2.71 bits per heavy atom. The fourth-order valence-electron chi connectivity index (χ4n) is 1.34. The average molecular weight is 311 g/mol. The topological polar surface area (TPSA) is 84.2 Å². The molecule has 110 valence electrons. The Hall–Kier alpha value is -2.37. The van der Waals surface area contributed by atoms with Crippen LogP contribution < -0.4 is 14.0 Å². The summed E-state index contributed by atoms with van der Waals surface area (Å²) in [6, 6.07) is 10.2. The van der Waals surface area contributed by atoms with E-state index in [1.54, 1.807) is 24.3 Å². The highest BCUT2D eigenvalue weighted by Gasteiger charge is 2.26. The zero-order valence-corrected chi connectivity index (χ0v) is 11.9. The Morgan fingerprint density at radius 1 is 1.24 bits per heavy atom. The van der Waals surface area contributed by atoms with Crippen LogP contribution in [0.3, 0.4) is 0 Å². The predicted molar refractivity (Wildman–Crippen MR) is 71.5 cm³/mol.